The van der Waals surface area contributed by atoms with Crippen molar-refractivity contribution in [3.05, 3.63) is 17.7 Å². The van der Waals surface area contributed by atoms with Gasteiger partial charge in [0.25, 0.3) is 0 Å². The highest BCUT2D eigenvalue weighted by atomic mass is 32.2. The third-order valence-corrected chi connectivity index (χ3v) is 4.25. The second kappa shape index (κ2) is 4.78. The van der Waals surface area contributed by atoms with E-state index < -0.39 is 0 Å². The predicted octanol–water partition coefficient (Wildman–Crippen LogP) is 2.76. The Morgan fingerprint density at radius 1 is 1.18 bits per heavy atom. The first kappa shape index (κ1) is 12.6. The predicted molar refractivity (Wildman–Crippen MR) is 71.0 cm³/mol. The number of methoxy groups -OCH3 is 2. The second-order valence-corrected chi connectivity index (χ2v) is 5.24. The third kappa shape index (κ3) is 2.00. The number of nitrogens with two attached hydrogens (primary N) is 1. The van der Waals surface area contributed by atoms with Gasteiger partial charge in [0.1, 0.15) is 0 Å². The molecule has 2 N–H and O–H groups in total. The van der Waals surface area contributed by atoms with Gasteiger partial charge in [-0.05, 0) is 31.6 Å². The van der Waals surface area contributed by atoms with Gasteiger partial charge < -0.3 is 15.2 Å². The Kier molecular flexibility index (Phi) is 3.54. The molecule has 1 aliphatic carbocycles. The van der Waals surface area contributed by atoms with E-state index >= 15 is 0 Å². The summed E-state index contributed by atoms with van der Waals surface area (Å²) in [6.45, 7) is 0. The molecule has 0 atom stereocenters. The van der Waals surface area contributed by atoms with E-state index in [2.05, 4.69) is 12.1 Å². The molecule has 0 spiro atoms. The van der Waals surface area contributed by atoms with Crippen LogP contribution in [0.1, 0.15) is 24.8 Å². The van der Waals surface area contributed by atoms with Crippen LogP contribution in [-0.2, 0) is 5.54 Å². The van der Waals surface area contributed by atoms with E-state index in [0.29, 0.717) is 0 Å². The highest BCUT2D eigenvalue weighted by Crippen LogP contribution is 2.48. The van der Waals surface area contributed by atoms with Gasteiger partial charge in [-0.25, -0.2) is 0 Å². The Morgan fingerprint density at radius 2 is 1.82 bits per heavy atom. The Labute approximate surface area is 107 Å². The summed E-state index contributed by atoms with van der Waals surface area (Å²) < 4.78 is 11.0. The van der Waals surface area contributed by atoms with Crippen molar-refractivity contribution in [2.75, 3.05) is 20.5 Å². The number of hydrogen-bond acceptors (Lipinski definition) is 4. The molecule has 0 aromatic heterocycles. The molecule has 1 fully saturated rings. The van der Waals surface area contributed by atoms with Crippen LogP contribution in [0.3, 0.4) is 0 Å². The molecule has 1 aromatic carbocycles. The van der Waals surface area contributed by atoms with E-state index in [1.165, 1.54) is 6.42 Å². The number of benzene rings is 1. The van der Waals surface area contributed by atoms with Crippen molar-refractivity contribution >= 4 is 11.8 Å². The second-order valence-electron chi connectivity index (χ2n) is 4.39. The molecular formula is C13H19NO2S. The van der Waals surface area contributed by atoms with Gasteiger partial charge in [0.2, 0.25) is 0 Å². The smallest absolute Gasteiger partial charge is 0.174 e. The summed E-state index contributed by atoms with van der Waals surface area (Å²) in [5.74, 6) is 1.59. The first-order valence-electron chi connectivity index (χ1n) is 5.74. The van der Waals surface area contributed by atoms with Gasteiger partial charge >= 0.3 is 0 Å². The van der Waals surface area contributed by atoms with Gasteiger partial charge in [0.15, 0.2) is 11.5 Å². The molecule has 17 heavy (non-hydrogen) atoms. The van der Waals surface area contributed by atoms with Gasteiger partial charge in [0.05, 0.1) is 19.1 Å². The highest BCUT2D eigenvalue weighted by molar-refractivity contribution is 7.98. The van der Waals surface area contributed by atoms with E-state index in [1.54, 1.807) is 26.0 Å². The van der Waals surface area contributed by atoms with Gasteiger partial charge in [-0.3, -0.25) is 0 Å². The lowest BCUT2D eigenvalue weighted by Crippen LogP contribution is -2.43. The van der Waals surface area contributed by atoms with E-state index in [4.69, 9.17) is 15.2 Å². The Bertz CT molecular complexity index is 416. The number of thioether (sulfide) groups is 1. The first-order chi connectivity index (χ1) is 8.16. The summed E-state index contributed by atoms with van der Waals surface area (Å²) in [5.41, 5.74) is 7.22. The molecule has 3 nitrogen and oxygen atoms in total. The van der Waals surface area contributed by atoms with Crippen LogP contribution in [0.5, 0.6) is 11.5 Å². The van der Waals surface area contributed by atoms with Crippen molar-refractivity contribution < 1.29 is 9.47 Å². The van der Waals surface area contributed by atoms with Crippen molar-refractivity contribution in [2.24, 2.45) is 5.73 Å². The SMILES string of the molecule is COc1c(SC)ccc(C2(N)CCC2)c1OC. The maximum absolute atomic E-state index is 6.37. The molecule has 0 heterocycles. The minimum Gasteiger partial charge on any atom is -0.492 e. The van der Waals surface area contributed by atoms with Crippen LogP contribution in [0.15, 0.2) is 17.0 Å². The molecule has 2 rings (SSSR count). The zero-order valence-corrected chi connectivity index (χ0v) is 11.4. The molecule has 0 bridgehead atoms. The van der Waals surface area contributed by atoms with Crippen LogP contribution in [0, 0.1) is 0 Å². The van der Waals surface area contributed by atoms with E-state index in [1.807, 2.05) is 6.26 Å². The molecule has 1 aromatic rings. The number of hydrogen-bond donors (Lipinski definition) is 1. The van der Waals surface area contributed by atoms with Crippen molar-refractivity contribution in [1.29, 1.82) is 0 Å². The molecule has 0 radical (unpaired) electrons. The Morgan fingerprint density at radius 3 is 2.24 bits per heavy atom. The zero-order chi connectivity index (χ0) is 12.5. The van der Waals surface area contributed by atoms with Crippen LogP contribution in [0.2, 0.25) is 0 Å². The fourth-order valence-corrected chi connectivity index (χ4v) is 2.89. The normalized spacial score (nSPS) is 17.4. The highest BCUT2D eigenvalue weighted by Gasteiger charge is 2.38. The topological polar surface area (TPSA) is 44.5 Å². The maximum Gasteiger partial charge on any atom is 0.174 e. The number of ether oxygens (including phenoxy) is 2. The molecule has 0 saturated heterocycles. The first-order valence-corrected chi connectivity index (χ1v) is 6.97. The molecule has 94 valence electrons. The standard InChI is InChI=1S/C13H19NO2S/c1-15-11-9(13(14)7-4-8-13)5-6-10(17-3)12(11)16-2/h5-6H,4,7-8,14H2,1-3H3. The lowest BCUT2D eigenvalue weighted by Gasteiger charge is -2.39. The van der Waals surface area contributed by atoms with E-state index in [-0.39, 0.29) is 5.54 Å². The van der Waals surface area contributed by atoms with Crippen LogP contribution in [0.4, 0.5) is 0 Å². The minimum atomic E-state index is -0.227. The summed E-state index contributed by atoms with van der Waals surface area (Å²) in [6, 6.07) is 4.14. The minimum absolute atomic E-state index is 0.227. The number of rotatable bonds is 4. The summed E-state index contributed by atoms with van der Waals surface area (Å²) in [6.07, 6.45) is 5.25. The molecule has 0 unspecified atom stereocenters. The molecule has 0 aliphatic heterocycles. The average Bonchev–Trinajstić information content (AvgIpc) is 2.33. The van der Waals surface area contributed by atoms with Crippen LogP contribution in [0.25, 0.3) is 0 Å². The van der Waals surface area contributed by atoms with Gasteiger partial charge in [-0.2, -0.15) is 0 Å². The van der Waals surface area contributed by atoms with E-state index in [9.17, 15) is 0 Å². The van der Waals surface area contributed by atoms with Gasteiger partial charge in [0, 0.05) is 11.1 Å². The summed E-state index contributed by atoms with van der Waals surface area (Å²) in [5, 5.41) is 0. The lowest BCUT2D eigenvalue weighted by molar-refractivity contribution is 0.239. The van der Waals surface area contributed by atoms with Crippen molar-refractivity contribution in [1.82, 2.24) is 0 Å². The van der Waals surface area contributed by atoms with Crippen LogP contribution in [-0.4, -0.2) is 20.5 Å². The third-order valence-electron chi connectivity index (χ3n) is 3.49. The van der Waals surface area contributed by atoms with Crippen molar-refractivity contribution in [2.45, 2.75) is 29.7 Å². The van der Waals surface area contributed by atoms with Crippen molar-refractivity contribution in [3.8, 4) is 11.5 Å². The fourth-order valence-electron chi connectivity index (χ4n) is 2.32. The van der Waals surface area contributed by atoms with Crippen molar-refractivity contribution in [3.63, 3.8) is 0 Å². The summed E-state index contributed by atoms with van der Waals surface area (Å²) >= 11 is 1.65. The lowest BCUT2D eigenvalue weighted by atomic mass is 9.72. The fraction of sp³-hybridized carbons (Fsp3) is 0.538. The van der Waals surface area contributed by atoms with Crippen LogP contribution >= 0.6 is 11.8 Å². The largest absolute Gasteiger partial charge is 0.492 e. The monoisotopic (exact) mass is 253 g/mol. The average molecular weight is 253 g/mol. The van der Waals surface area contributed by atoms with E-state index in [0.717, 1.165) is 34.8 Å². The van der Waals surface area contributed by atoms with Crippen LogP contribution < -0.4 is 15.2 Å². The molecule has 0 amide bonds. The molecular weight excluding hydrogens is 234 g/mol. The summed E-state index contributed by atoms with van der Waals surface area (Å²) in [4.78, 5) is 1.08. The Hall–Kier alpha value is -0.870. The quantitative estimate of drug-likeness (QED) is 0.838. The van der Waals surface area contributed by atoms with Gasteiger partial charge in [-0.1, -0.05) is 6.07 Å². The maximum atomic E-state index is 6.37. The molecule has 4 heteroatoms. The molecule has 1 saturated carbocycles. The van der Waals surface area contributed by atoms with Gasteiger partial charge in [-0.15, -0.1) is 11.8 Å². The molecule has 1 aliphatic rings. The summed E-state index contributed by atoms with van der Waals surface area (Å²) in [7, 11) is 3.35. The Balaban J connectivity index is 2.53. The zero-order valence-electron chi connectivity index (χ0n) is 10.6.